The molecular formula is C22H20N4. The second-order valence-corrected chi connectivity index (χ2v) is 6.53. The zero-order valence-electron chi connectivity index (χ0n) is 15.1. The molecule has 26 heavy (non-hydrogen) atoms. The summed E-state index contributed by atoms with van der Waals surface area (Å²) in [6.45, 7) is 6.24. The van der Waals surface area contributed by atoms with Crippen LogP contribution in [-0.4, -0.2) is 9.38 Å². The van der Waals surface area contributed by atoms with E-state index in [9.17, 15) is 0 Å². The maximum Gasteiger partial charge on any atom is 0.187 e. The molecule has 0 bridgehead atoms. The number of nitrogens with zero attached hydrogens (tertiary/aromatic N) is 4. The molecular weight excluding hydrogens is 320 g/mol. The Labute approximate surface area is 152 Å². The zero-order chi connectivity index (χ0) is 18.1. The number of aryl methyl sites for hydroxylation is 3. The Bertz CT molecular complexity index is 1080. The number of pyridine rings is 1. The van der Waals surface area contributed by atoms with Crippen LogP contribution in [0.15, 0.2) is 77.1 Å². The average Bonchev–Trinajstić information content (AvgIpc) is 3.00. The third-order valence-electron chi connectivity index (χ3n) is 4.43. The van der Waals surface area contributed by atoms with Crippen LogP contribution < -0.4 is 0 Å². The van der Waals surface area contributed by atoms with Crippen molar-refractivity contribution in [3.63, 3.8) is 0 Å². The summed E-state index contributed by atoms with van der Waals surface area (Å²) in [6.07, 6.45) is 1.97. The number of benzene rings is 2. The van der Waals surface area contributed by atoms with E-state index in [1.165, 1.54) is 5.56 Å². The van der Waals surface area contributed by atoms with E-state index in [0.717, 1.165) is 39.5 Å². The van der Waals surface area contributed by atoms with Crippen molar-refractivity contribution in [3.05, 3.63) is 83.6 Å². The molecule has 0 aliphatic rings. The van der Waals surface area contributed by atoms with Gasteiger partial charge in [0.15, 0.2) is 5.82 Å². The first-order chi connectivity index (χ1) is 12.6. The van der Waals surface area contributed by atoms with Crippen LogP contribution in [0.3, 0.4) is 0 Å². The van der Waals surface area contributed by atoms with Gasteiger partial charge >= 0.3 is 0 Å². The quantitative estimate of drug-likeness (QED) is 0.401. The smallest absolute Gasteiger partial charge is 0.187 e. The molecule has 0 saturated heterocycles. The van der Waals surface area contributed by atoms with Crippen LogP contribution in [0, 0.1) is 20.8 Å². The first-order valence-electron chi connectivity index (χ1n) is 8.65. The lowest BCUT2D eigenvalue weighted by Crippen LogP contribution is -1.84. The number of hydrogen-bond donors (Lipinski definition) is 0. The van der Waals surface area contributed by atoms with Crippen LogP contribution in [0.25, 0.3) is 16.9 Å². The molecule has 2 aromatic heterocycles. The number of fused-ring (bicyclic) bond motifs is 1. The Morgan fingerprint density at radius 2 is 1.50 bits per heavy atom. The van der Waals surface area contributed by atoms with Crippen LogP contribution in [0.2, 0.25) is 0 Å². The van der Waals surface area contributed by atoms with E-state index >= 15 is 0 Å². The van der Waals surface area contributed by atoms with E-state index < -0.39 is 0 Å². The van der Waals surface area contributed by atoms with Crippen LogP contribution in [0.1, 0.15) is 16.7 Å². The Balaban J connectivity index is 1.89. The molecule has 4 heteroatoms. The van der Waals surface area contributed by atoms with Gasteiger partial charge < -0.3 is 0 Å². The normalized spacial score (nSPS) is 11.5. The number of azo groups is 1. The van der Waals surface area contributed by atoms with E-state index in [4.69, 9.17) is 4.98 Å². The van der Waals surface area contributed by atoms with E-state index in [0.29, 0.717) is 0 Å². The second kappa shape index (κ2) is 6.56. The minimum absolute atomic E-state index is 0.742. The second-order valence-electron chi connectivity index (χ2n) is 6.53. The highest BCUT2D eigenvalue weighted by atomic mass is 15.2. The molecule has 0 saturated carbocycles. The third kappa shape index (κ3) is 2.90. The van der Waals surface area contributed by atoms with Crippen molar-refractivity contribution in [1.29, 1.82) is 0 Å². The third-order valence-corrected chi connectivity index (χ3v) is 4.43. The van der Waals surface area contributed by atoms with Crippen molar-refractivity contribution in [3.8, 4) is 11.3 Å². The molecule has 0 aliphatic heterocycles. The molecule has 4 aromatic rings. The highest BCUT2D eigenvalue weighted by molar-refractivity contribution is 5.74. The van der Waals surface area contributed by atoms with Gasteiger partial charge in [-0.25, -0.2) is 4.98 Å². The molecule has 2 heterocycles. The van der Waals surface area contributed by atoms with E-state index in [1.54, 1.807) is 0 Å². The lowest BCUT2D eigenvalue weighted by atomic mass is 10.1. The molecule has 0 N–H and O–H groups in total. The van der Waals surface area contributed by atoms with Crippen molar-refractivity contribution in [2.45, 2.75) is 20.8 Å². The van der Waals surface area contributed by atoms with Crippen molar-refractivity contribution >= 4 is 17.2 Å². The molecule has 0 radical (unpaired) electrons. The standard InChI is InChI=1S/C22H20N4/c1-15-13-16(2)20(17(3)14-15)24-25-22-21(18-9-5-4-6-10-18)23-19-11-7-8-12-26(19)22/h4-14H,1-3H3. The van der Waals surface area contributed by atoms with Crippen molar-refractivity contribution in [1.82, 2.24) is 9.38 Å². The van der Waals surface area contributed by atoms with Gasteiger partial charge in [-0.05, 0) is 44.0 Å². The van der Waals surface area contributed by atoms with Crippen LogP contribution in [0.4, 0.5) is 11.5 Å². The van der Waals surface area contributed by atoms with Gasteiger partial charge in [-0.15, -0.1) is 10.2 Å². The minimum atomic E-state index is 0.742. The number of rotatable bonds is 3. The molecule has 0 aliphatic carbocycles. The summed E-state index contributed by atoms with van der Waals surface area (Å²) in [7, 11) is 0. The van der Waals surface area contributed by atoms with E-state index in [1.807, 2.05) is 59.1 Å². The monoisotopic (exact) mass is 340 g/mol. The Kier molecular flexibility index (Phi) is 4.09. The van der Waals surface area contributed by atoms with Gasteiger partial charge in [0.05, 0.1) is 5.69 Å². The summed E-state index contributed by atoms with van der Waals surface area (Å²) >= 11 is 0. The van der Waals surface area contributed by atoms with Gasteiger partial charge in [-0.3, -0.25) is 4.40 Å². The Morgan fingerprint density at radius 1 is 0.808 bits per heavy atom. The van der Waals surface area contributed by atoms with E-state index in [-0.39, 0.29) is 0 Å². The minimum Gasteiger partial charge on any atom is -0.283 e. The molecule has 0 unspecified atom stereocenters. The summed E-state index contributed by atoms with van der Waals surface area (Å²) in [5.41, 5.74) is 7.13. The Hall–Kier alpha value is -3.27. The van der Waals surface area contributed by atoms with Gasteiger partial charge in [-0.2, -0.15) is 0 Å². The van der Waals surface area contributed by atoms with Gasteiger partial charge in [-0.1, -0.05) is 54.1 Å². The SMILES string of the molecule is Cc1cc(C)c(N=Nc2c(-c3ccccc3)nc3ccccn23)c(C)c1. The molecule has 0 atom stereocenters. The van der Waals surface area contributed by atoms with Crippen molar-refractivity contribution < 1.29 is 0 Å². The van der Waals surface area contributed by atoms with Gasteiger partial charge in [0, 0.05) is 11.8 Å². The summed E-state index contributed by atoms with van der Waals surface area (Å²) in [6, 6.07) is 20.3. The number of imidazole rings is 1. The highest BCUT2D eigenvalue weighted by Crippen LogP contribution is 2.33. The summed E-state index contributed by atoms with van der Waals surface area (Å²) < 4.78 is 1.98. The highest BCUT2D eigenvalue weighted by Gasteiger charge is 2.13. The fourth-order valence-electron chi connectivity index (χ4n) is 3.30. The fraction of sp³-hybridized carbons (Fsp3) is 0.136. The molecule has 0 spiro atoms. The summed E-state index contributed by atoms with van der Waals surface area (Å²) in [5.74, 6) is 0.742. The van der Waals surface area contributed by atoms with Gasteiger partial charge in [0.2, 0.25) is 0 Å². The first-order valence-corrected chi connectivity index (χ1v) is 8.65. The van der Waals surface area contributed by atoms with Crippen LogP contribution >= 0.6 is 0 Å². The predicted molar refractivity (Wildman–Crippen MR) is 105 cm³/mol. The predicted octanol–water partition coefficient (Wildman–Crippen LogP) is 6.34. The molecule has 2 aromatic carbocycles. The van der Waals surface area contributed by atoms with E-state index in [2.05, 4.69) is 43.1 Å². The van der Waals surface area contributed by atoms with Crippen molar-refractivity contribution in [2.75, 3.05) is 0 Å². The lowest BCUT2D eigenvalue weighted by Gasteiger charge is -2.05. The number of hydrogen-bond acceptors (Lipinski definition) is 3. The first kappa shape index (κ1) is 16.2. The average molecular weight is 340 g/mol. The maximum absolute atomic E-state index is 4.76. The van der Waals surface area contributed by atoms with Gasteiger partial charge in [0.1, 0.15) is 11.3 Å². The fourth-order valence-corrected chi connectivity index (χ4v) is 3.30. The number of aromatic nitrogens is 2. The maximum atomic E-state index is 4.76. The largest absolute Gasteiger partial charge is 0.283 e. The van der Waals surface area contributed by atoms with Crippen LogP contribution in [-0.2, 0) is 0 Å². The zero-order valence-corrected chi connectivity index (χ0v) is 15.1. The summed E-state index contributed by atoms with van der Waals surface area (Å²) in [4.78, 5) is 4.76. The summed E-state index contributed by atoms with van der Waals surface area (Å²) in [5, 5.41) is 9.21. The van der Waals surface area contributed by atoms with Crippen molar-refractivity contribution in [2.24, 2.45) is 10.2 Å². The van der Waals surface area contributed by atoms with Crippen LogP contribution in [0.5, 0.6) is 0 Å². The topological polar surface area (TPSA) is 42.0 Å². The molecule has 4 nitrogen and oxygen atoms in total. The molecule has 0 fully saturated rings. The molecule has 0 amide bonds. The molecule has 128 valence electrons. The Morgan fingerprint density at radius 3 is 2.23 bits per heavy atom. The van der Waals surface area contributed by atoms with Gasteiger partial charge in [0.25, 0.3) is 0 Å². The molecule has 4 rings (SSSR count). The lowest BCUT2D eigenvalue weighted by molar-refractivity contribution is 1.09.